The molecule has 1 atom stereocenters. The van der Waals surface area contributed by atoms with Crippen LogP contribution in [0.3, 0.4) is 0 Å². The summed E-state index contributed by atoms with van der Waals surface area (Å²) >= 11 is 5.25. The van der Waals surface area contributed by atoms with Crippen molar-refractivity contribution in [1.29, 1.82) is 0 Å². The molecule has 1 unspecified atom stereocenters. The number of hydrogen-bond donors (Lipinski definition) is 3. The second-order valence-electron chi connectivity index (χ2n) is 7.21. The zero-order valence-electron chi connectivity index (χ0n) is 17.5. The standard InChI is InChI=1S/C25H25N3O2S/c1-3-17(2)26-23(29)21-13-15-22(16-14-21)27-25(31)28-24(30)20-11-9-19(10-12-20)18-7-5-4-6-8-18/h4-17H,3H2,1-2H3,(H,26,29)(H2,27,28,30,31). The Kier molecular flexibility index (Phi) is 7.51. The predicted molar refractivity (Wildman–Crippen MR) is 129 cm³/mol. The van der Waals surface area contributed by atoms with Crippen molar-refractivity contribution in [3.05, 3.63) is 90.0 Å². The van der Waals surface area contributed by atoms with Gasteiger partial charge in [0.15, 0.2) is 5.11 Å². The Balaban J connectivity index is 1.55. The molecule has 3 rings (SSSR count). The molecule has 3 aromatic carbocycles. The van der Waals surface area contributed by atoms with Crippen LogP contribution in [0.15, 0.2) is 78.9 Å². The van der Waals surface area contributed by atoms with E-state index >= 15 is 0 Å². The van der Waals surface area contributed by atoms with E-state index in [4.69, 9.17) is 12.2 Å². The summed E-state index contributed by atoms with van der Waals surface area (Å²) in [7, 11) is 0. The van der Waals surface area contributed by atoms with E-state index in [0.29, 0.717) is 16.8 Å². The topological polar surface area (TPSA) is 70.2 Å². The summed E-state index contributed by atoms with van der Waals surface area (Å²) < 4.78 is 0. The van der Waals surface area contributed by atoms with Crippen LogP contribution < -0.4 is 16.0 Å². The van der Waals surface area contributed by atoms with Crippen molar-refractivity contribution < 1.29 is 9.59 Å². The minimum absolute atomic E-state index is 0.115. The number of thiocarbonyl (C=S) groups is 1. The minimum atomic E-state index is -0.290. The Morgan fingerprint density at radius 2 is 1.35 bits per heavy atom. The molecule has 0 spiro atoms. The first-order chi connectivity index (χ1) is 15.0. The van der Waals surface area contributed by atoms with Gasteiger partial charge in [0.2, 0.25) is 0 Å². The van der Waals surface area contributed by atoms with E-state index in [1.807, 2.05) is 56.3 Å². The molecule has 0 fully saturated rings. The summed E-state index contributed by atoms with van der Waals surface area (Å²) in [5.74, 6) is -0.405. The van der Waals surface area contributed by atoms with Gasteiger partial charge in [0.1, 0.15) is 0 Å². The summed E-state index contributed by atoms with van der Waals surface area (Å²) in [6.07, 6.45) is 0.869. The molecule has 0 bridgehead atoms. The first-order valence-corrected chi connectivity index (χ1v) is 10.6. The molecule has 2 amide bonds. The van der Waals surface area contributed by atoms with E-state index in [9.17, 15) is 9.59 Å². The van der Waals surface area contributed by atoms with Gasteiger partial charge in [0.05, 0.1) is 0 Å². The van der Waals surface area contributed by atoms with Gasteiger partial charge < -0.3 is 10.6 Å². The maximum absolute atomic E-state index is 12.5. The quantitative estimate of drug-likeness (QED) is 0.480. The third-order valence-corrected chi connectivity index (χ3v) is 5.08. The molecule has 0 aromatic heterocycles. The van der Waals surface area contributed by atoms with Crippen molar-refractivity contribution in [3.63, 3.8) is 0 Å². The predicted octanol–water partition coefficient (Wildman–Crippen LogP) is 5.01. The molecule has 0 heterocycles. The highest BCUT2D eigenvalue weighted by atomic mass is 32.1. The third kappa shape index (κ3) is 6.23. The van der Waals surface area contributed by atoms with E-state index in [1.165, 1.54) is 0 Å². The third-order valence-electron chi connectivity index (χ3n) is 4.88. The van der Waals surface area contributed by atoms with Crippen molar-refractivity contribution in [1.82, 2.24) is 10.6 Å². The van der Waals surface area contributed by atoms with Crippen LogP contribution in [-0.2, 0) is 0 Å². The van der Waals surface area contributed by atoms with Gasteiger partial charge in [-0.1, -0.05) is 49.4 Å². The van der Waals surface area contributed by atoms with E-state index in [2.05, 4.69) is 16.0 Å². The number of anilines is 1. The lowest BCUT2D eigenvalue weighted by Crippen LogP contribution is -2.34. The summed E-state index contributed by atoms with van der Waals surface area (Å²) in [6, 6.07) is 24.4. The van der Waals surface area contributed by atoms with Gasteiger partial charge in [-0.25, -0.2) is 0 Å². The maximum Gasteiger partial charge on any atom is 0.257 e. The van der Waals surface area contributed by atoms with Crippen molar-refractivity contribution in [2.75, 3.05) is 5.32 Å². The maximum atomic E-state index is 12.5. The first-order valence-electron chi connectivity index (χ1n) is 10.1. The van der Waals surface area contributed by atoms with Gasteiger partial charge >= 0.3 is 0 Å². The second kappa shape index (κ2) is 10.5. The summed E-state index contributed by atoms with van der Waals surface area (Å²) in [6.45, 7) is 3.98. The molecular weight excluding hydrogens is 406 g/mol. The molecule has 0 saturated heterocycles. The lowest BCUT2D eigenvalue weighted by atomic mass is 10.0. The van der Waals surface area contributed by atoms with Gasteiger partial charge in [-0.2, -0.15) is 0 Å². The Morgan fingerprint density at radius 3 is 1.97 bits per heavy atom. The van der Waals surface area contributed by atoms with E-state index < -0.39 is 0 Å². The minimum Gasteiger partial charge on any atom is -0.350 e. The number of amides is 2. The monoisotopic (exact) mass is 431 g/mol. The van der Waals surface area contributed by atoms with E-state index in [0.717, 1.165) is 17.5 Å². The largest absolute Gasteiger partial charge is 0.350 e. The summed E-state index contributed by atoms with van der Waals surface area (Å²) in [4.78, 5) is 24.6. The average Bonchev–Trinajstić information content (AvgIpc) is 2.80. The lowest BCUT2D eigenvalue weighted by Gasteiger charge is -2.12. The number of benzene rings is 3. The summed E-state index contributed by atoms with van der Waals surface area (Å²) in [5.41, 5.74) is 3.90. The Labute approximate surface area is 187 Å². The fraction of sp³-hybridized carbons (Fsp3) is 0.160. The van der Waals surface area contributed by atoms with E-state index in [1.54, 1.807) is 36.4 Å². The van der Waals surface area contributed by atoms with Crippen LogP contribution in [0, 0.1) is 0 Å². The zero-order valence-corrected chi connectivity index (χ0v) is 18.3. The highest BCUT2D eigenvalue weighted by Crippen LogP contribution is 2.19. The fourth-order valence-electron chi connectivity index (χ4n) is 2.90. The number of hydrogen-bond acceptors (Lipinski definition) is 3. The Morgan fingerprint density at radius 1 is 0.806 bits per heavy atom. The van der Waals surface area contributed by atoms with Crippen molar-refractivity contribution in [2.24, 2.45) is 0 Å². The Bertz CT molecular complexity index is 1050. The van der Waals surface area contributed by atoms with Gasteiger partial charge in [0.25, 0.3) is 11.8 Å². The molecule has 0 saturated carbocycles. The highest BCUT2D eigenvalue weighted by Gasteiger charge is 2.10. The number of carbonyl (C=O) groups excluding carboxylic acids is 2. The van der Waals surface area contributed by atoms with Gasteiger partial charge in [-0.3, -0.25) is 14.9 Å². The van der Waals surface area contributed by atoms with Gasteiger partial charge in [-0.15, -0.1) is 0 Å². The van der Waals surface area contributed by atoms with Crippen LogP contribution in [0.25, 0.3) is 11.1 Å². The molecular formula is C25H25N3O2S. The fourth-order valence-corrected chi connectivity index (χ4v) is 3.11. The smallest absolute Gasteiger partial charge is 0.257 e. The van der Waals surface area contributed by atoms with Gasteiger partial charge in [-0.05, 0) is 73.1 Å². The van der Waals surface area contributed by atoms with Crippen LogP contribution in [0.1, 0.15) is 41.0 Å². The molecule has 158 valence electrons. The number of nitrogens with one attached hydrogen (secondary N) is 3. The van der Waals surface area contributed by atoms with Crippen LogP contribution in [0.5, 0.6) is 0 Å². The first kappa shape index (κ1) is 22.2. The van der Waals surface area contributed by atoms with E-state index in [-0.39, 0.29) is 23.0 Å². The number of carbonyl (C=O) groups is 2. The molecule has 0 aliphatic carbocycles. The van der Waals surface area contributed by atoms with Gasteiger partial charge in [0, 0.05) is 22.9 Å². The van der Waals surface area contributed by atoms with Crippen LogP contribution in [0.4, 0.5) is 5.69 Å². The van der Waals surface area contributed by atoms with Crippen molar-refractivity contribution in [3.8, 4) is 11.1 Å². The molecule has 0 radical (unpaired) electrons. The average molecular weight is 432 g/mol. The number of rotatable bonds is 6. The lowest BCUT2D eigenvalue weighted by molar-refractivity contribution is 0.0937. The van der Waals surface area contributed by atoms with Crippen LogP contribution in [-0.4, -0.2) is 23.0 Å². The SMILES string of the molecule is CCC(C)NC(=O)c1ccc(NC(=S)NC(=O)c2ccc(-c3ccccc3)cc2)cc1. The second-order valence-corrected chi connectivity index (χ2v) is 7.62. The van der Waals surface area contributed by atoms with Crippen LogP contribution in [0.2, 0.25) is 0 Å². The summed E-state index contributed by atoms with van der Waals surface area (Å²) in [5, 5.41) is 8.75. The molecule has 3 N–H and O–H groups in total. The van der Waals surface area contributed by atoms with Crippen molar-refractivity contribution in [2.45, 2.75) is 26.3 Å². The molecule has 0 aliphatic heterocycles. The normalized spacial score (nSPS) is 11.3. The molecule has 5 nitrogen and oxygen atoms in total. The molecule has 31 heavy (non-hydrogen) atoms. The molecule has 0 aliphatic rings. The van der Waals surface area contributed by atoms with Crippen LogP contribution >= 0.6 is 12.2 Å². The zero-order chi connectivity index (χ0) is 22.2. The van der Waals surface area contributed by atoms with Crippen molar-refractivity contribution >= 4 is 34.8 Å². The highest BCUT2D eigenvalue weighted by molar-refractivity contribution is 7.80. The molecule has 3 aromatic rings. The molecule has 6 heteroatoms. The Hall–Kier alpha value is -3.51.